The van der Waals surface area contributed by atoms with Crippen LogP contribution in [-0.2, 0) is 0 Å². The molecular formula is C21H20BrClN2O2S. The minimum atomic E-state index is -0.207. The molecule has 0 N–H and O–H groups in total. The molecule has 0 unspecified atom stereocenters. The van der Waals surface area contributed by atoms with E-state index in [9.17, 15) is 9.59 Å². The summed E-state index contributed by atoms with van der Waals surface area (Å²) in [4.78, 5) is 29.6. The van der Waals surface area contributed by atoms with E-state index in [1.165, 1.54) is 0 Å². The Morgan fingerprint density at radius 1 is 0.893 bits per heavy atom. The number of benzene rings is 2. The van der Waals surface area contributed by atoms with Crippen molar-refractivity contribution in [3.63, 3.8) is 0 Å². The van der Waals surface area contributed by atoms with Gasteiger partial charge in [-0.1, -0.05) is 27.5 Å². The highest BCUT2D eigenvalue weighted by atomic mass is 79.9. The van der Waals surface area contributed by atoms with Crippen molar-refractivity contribution in [3.8, 4) is 0 Å². The first-order chi connectivity index (χ1) is 13.5. The minimum absolute atomic E-state index is 0.0281. The Morgan fingerprint density at radius 3 is 2.11 bits per heavy atom. The zero-order chi connectivity index (χ0) is 19.7. The Balaban J connectivity index is 1.46. The lowest BCUT2D eigenvalue weighted by atomic mass is 10.00. The first-order valence-corrected chi connectivity index (χ1v) is 11.4. The largest absolute Gasteiger partial charge is 0.338 e. The standard InChI is InChI=1S/C21H20BrClN2O2S/c22-17-5-1-16(2-6-17)20(27)25-13-14-28-21(25)9-11-24(12-10-21)19(26)15-3-7-18(23)8-4-15/h1-8H,9-14H2. The van der Waals surface area contributed by atoms with E-state index < -0.39 is 0 Å². The van der Waals surface area contributed by atoms with Crippen molar-refractivity contribution in [2.24, 2.45) is 0 Å². The molecule has 2 amide bonds. The van der Waals surface area contributed by atoms with Gasteiger partial charge in [0.2, 0.25) is 0 Å². The molecule has 0 saturated carbocycles. The average Bonchev–Trinajstić information content (AvgIpc) is 3.11. The fourth-order valence-electron chi connectivity index (χ4n) is 3.89. The number of piperidine rings is 1. The van der Waals surface area contributed by atoms with Crippen LogP contribution in [0.25, 0.3) is 0 Å². The molecule has 2 aliphatic rings. The van der Waals surface area contributed by atoms with Gasteiger partial charge in [0, 0.05) is 46.0 Å². The van der Waals surface area contributed by atoms with Crippen LogP contribution >= 0.6 is 39.3 Å². The number of hydrogen-bond donors (Lipinski definition) is 0. The van der Waals surface area contributed by atoms with E-state index in [2.05, 4.69) is 15.9 Å². The van der Waals surface area contributed by atoms with Crippen LogP contribution in [0.5, 0.6) is 0 Å². The number of amides is 2. The van der Waals surface area contributed by atoms with Gasteiger partial charge >= 0.3 is 0 Å². The van der Waals surface area contributed by atoms with Gasteiger partial charge in [0.25, 0.3) is 11.8 Å². The second-order valence-electron chi connectivity index (χ2n) is 7.06. The molecule has 2 heterocycles. The summed E-state index contributed by atoms with van der Waals surface area (Å²) in [5.74, 6) is 1.04. The SMILES string of the molecule is O=C(c1ccc(Cl)cc1)N1CCC2(CC1)SCCN2C(=O)c1ccc(Br)cc1. The van der Waals surface area contributed by atoms with Crippen molar-refractivity contribution in [3.05, 3.63) is 69.2 Å². The molecule has 2 aliphatic heterocycles. The predicted octanol–water partition coefficient (Wildman–Crippen LogP) is 4.92. The molecule has 2 aromatic carbocycles. The highest BCUT2D eigenvalue weighted by Crippen LogP contribution is 2.44. The zero-order valence-corrected chi connectivity index (χ0v) is 18.4. The van der Waals surface area contributed by atoms with Crippen LogP contribution in [0.2, 0.25) is 5.02 Å². The van der Waals surface area contributed by atoms with Crippen molar-refractivity contribution in [1.82, 2.24) is 9.80 Å². The van der Waals surface area contributed by atoms with Gasteiger partial charge in [0.1, 0.15) is 0 Å². The van der Waals surface area contributed by atoms with E-state index >= 15 is 0 Å². The van der Waals surface area contributed by atoms with Gasteiger partial charge in [-0.2, -0.15) is 0 Å². The van der Waals surface area contributed by atoms with Crippen LogP contribution in [0.3, 0.4) is 0 Å². The van der Waals surface area contributed by atoms with Gasteiger partial charge in [0.15, 0.2) is 0 Å². The molecule has 2 aromatic rings. The molecule has 0 radical (unpaired) electrons. The summed E-state index contributed by atoms with van der Waals surface area (Å²) in [6, 6.07) is 14.5. The molecule has 28 heavy (non-hydrogen) atoms. The maximum atomic E-state index is 13.1. The summed E-state index contributed by atoms with van der Waals surface area (Å²) in [6.07, 6.45) is 1.58. The van der Waals surface area contributed by atoms with E-state index in [0.717, 1.165) is 29.6 Å². The van der Waals surface area contributed by atoms with Crippen molar-refractivity contribution >= 4 is 51.1 Å². The van der Waals surface area contributed by atoms with Crippen LogP contribution in [0.1, 0.15) is 33.6 Å². The molecule has 0 bridgehead atoms. The summed E-state index contributed by atoms with van der Waals surface area (Å²) < 4.78 is 0.962. The van der Waals surface area contributed by atoms with Crippen molar-refractivity contribution in [2.75, 3.05) is 25.4 Å². The summed E-state index contributed by atoms with van der Waals surface area (Å²) in [6.45, 7) is 2.06. The van der Waals surface area contributed by atoms with E-state index in [4.69, 9.17) is 11.6 Å². The van der Waals surface area contributed by atoms with Gasteiger partial charge in [0.05, 0.1) is 4.87 Å². The van der Waals surface area contributed by atoms with Gasteiger partial charge in [-0.05, 0) is 61.4 Å². The second-order valence-corrected chi connectivity index (χ2v) is 9.87. The average molecular weight is 480 g/mol. The molecule has 4 nitrogen and oxygen atoms in total. The highest BCUT2D eigenvalue weighted by molar-refractivity contribution is 9.10. The molecule has 7 heteroatoms. The number of nitrogens with zero attached hydrogens (tertiary/aromatic N) is 2. The van der Waals surface area contributed by atoms with Crippen LogP contribution in [-0.4, -0.2) is 51.9 Å². The van der Waals surface area contributed by atoms with Gasteiger partial charge < -0.3 is 9.80 Å². The third kappa shape index (κ3) is 3.82. The van der Waals surface area contributed by atoms with Crippen LogP contribution < -0.4 is 0 Å². The lowest BCUT2D eigenvalue weighted by Gasteiger charge is -2.44. The topological polar surface area (TPSA) is 40.6 Å². The fourth-order valence-corrected chi connectivity index (χ4v) is 5.74. The normalized spacial score (nSPS) is 18.5. The molecule has 0 aromatic heterocycles. The maximum Gasteiger partial charge on any atom is 0.254 e. The third-order valence-electron chi connectivity index (χ3n) is 5.44. The third-order valence-corrected chi connectivity index (χ3v) is 7.77. The van der Waals surface area contributed by atoms with Crippen molar-refractivity contribution in [1.29, 1.82) is 0 Å². The molecule has 1 spiro atoms. The first-order valence-electron chi connectivity index (χ1n) is 9.25. The Kier molecular flexibility index (Phi) is 5.72. The van der Waals surface area contributed by atoms with E-state index in [1.54, 1.807) is 24.3 Å². The number of halogens is 2. The zero-order valence-electron chi connectivity index (χ0n) is 15.2. The van der Waals surface area contributed by atoms with Crippen molar-refractivity contribution < 1.29 is 9.59 Å². The lowest BCUT2D eigenvalue weighted by molar-refractivity contribution is 0.0498. The van der Waals surface area contributed by atoms with Gasteiger partial charge in [-0.25, -0.2) is 0 Å². The summed E-state index contributed by atoms with van der Waals surface area (Å²) >= 11 is 11.2. The van der Waals surface area contributed by atoms with Crippen LogP contribution in [0, 0.1) is 0 Å². The number of likely N-dealkylation sites (tertiary alicyclic amines) is 1. The fraction of sp³-hybridized carbons (Fsp3) is 0.333. The van der Waals surface area contributed by atoms with Gasteiger partial charge in [-0.3, -0.25) is 9.59 Å². The molecule has 0 aliphatic carbocycles. The number of carbonyl (C=O) groups excluding carboxylic acids is 2. The Bertz CT molecular complexity index is 880. The van der Waals surface area contributed by atoms with Crippen molar-refractivity contribution in [2.45, 2.75) is 17.7 Å². The number of hydrogen-bond acceptors (Lipinski definition) is 3. The van der Waals surface area contributed by atoms with E-state index in [0.29, 0.717) is 29.2 Å². The molecule has 4 rings (SSSR count). The Morgan fingerprint density at radius 2 is 1.46 bits per heavy atom. The molecule has 2 saturated heterocycles. The first kappa shape index (κ1) is 19.8. The van der Waals surface area contributed by atoms with Crippen LogP contribution in [0.15, 0.2) is 53.0 Å². The number of thioether (sulfide) groups is 1. The number of rotatable bonds is 2. The van der Waals surface area contributed by atoms with Crippen LogP contribution in [0.4, 0.5) is 0 Å². The Labute approximate surface area is 182 Å². The maximum absolute atomic E-state index is 13.1. The Hall–Kier alpha value is -1.50. The lowest BCUT2D eigenvalue weighted by Crippen LogP contribution is -2.53. The van der Waals surface area contributed by atoms with E-state index in [1.807, 2.05) is 45.8 Å². The summed E-state index contributed by atoms with van der Waals surface area (Å²) in [5, 5.41) is 0.624. The smallest absolute Gasteiger partial charge is 0.254 e. The predicted molar refractivity (Wildman–Crippen MR) is 117 cm³/mol. The molecule has 0 atom stereocenters. The van der Waals surface area contributed by atoms with Gasteiger partial charge in [-0.15, -0.1) is 11.8 Å². The van der Waals surface area contributed by atoms with E-state index in [-0.39, 0.29) is 16.7 Å². The monoisotopic (exact) mass is 478 g/mol. The minimum Gasteiger partial charge on any atom is -0.338 e. The molecule has 146 valence electrons. The quantitative estimate of drug-likeness (QED) is 0.613. The molecule has 2 fully saturated rings. The second kappa shape index (κ2) is 8.09. The highest BCUT2D eigenvalue weighted by Gasteiger charge is 2.47. The summed E-state index contributed by atoms with van der Waals surface area (Å²) in [5.41, 5.74) is 1.37. The summed E-state index contributed by atoms with van der Waals surface area (Å²) in [7, 11) is 0. The number of carbonyl (C=O) groups is 2. The molecular weight excluding hydrogens is 460 g/mol.